The molecule has 2 amide bonds. The van der Waals surface area contributed by atoms with Crippen molar-refractivity contribution in [3.63, 3.8) is 0 Å². The Kier molecular flexibility index (Phi) is 7.53. The minimum atomic E-state index is -2.46. The zero-order valence-electron chi connectivity index (χ0n) is 14.4. The van der Waals surface area contributed by atoms with Gasteiger partial charge < -0.3 is 20.1 Å². The summed E-state index contributed by atoms with van der Waals surface area (Å²) >= 11 is 0.462. The number of rotatable bonds is 8. The van der Waals surface area contributed by atoms with E-state index in [1.165, 1.54) is 12.1 Å². The summed E-state index contributed by atoms with van der Waals surface area (Å²) in [6, 6.07) is 11.5. The number of amides is 2. The summed E-state index contributed by atoms with van der Waals surface area (Å²) in [7, 11) is 3.14. The summed E-state index contributed by atoms with van der Waals surface area (Å²) in [4.78, 5) is 12.3. The molecule has 0 heterocycles. The molecule has 0 aliphatic rings. The topological polar surface area (TPSA) is 59.6 Å². The van der Waals surface area contributed by atoms with Crippen LogP contribution in [0.15, 0.2) is 47.4 Å². The maximum atomic E-state index is 12.3. The van der Waals surface area contributed by atoms with Crippen LogP contribution in [0.1, 0.15) is 5.56 Å². The molecule has 140 valence electrons. The zero-order valence-corrected chi connectivity index (χ0v) is 15.2. The molecule has 8 heteroatoms. The monoisotopic (exact) mass is 382 g/mol. The fourth-order valence-corrected chi connectivity index (χ4v) is 2.75. The van der Waals surface area contributed by atoms with Gasteiger partial charge in [-0.05, 0) is 48.4 Å². The number of thioether (sulfide) groups is 1. The number of urea groups is 1. The van der Waals surface area contributed by atoms with E-state index in [1.54, 1.807) is 26.4 Å². The average molecular weight is 382 g/mol. The second-order valence-electron chi connectivity index (χ2n) is 5.22. The van der Waals surface area contributed by atoms with E-state index < -0.39 is 5.76 Å². The van der Waals surface area contributed by atoms with Crippen LogP contribution in [-0.2, 0) is 6.42 Å². The Morgan fingerprint density at radius 1 is 1.08 bits per heavy atom. The van der Waals surface area contributed by atoms with Crippen molar-refractivity contribution in [1.29, 1.82) is 0 Å². The standard InChI is InChI=1S/C18H20F2N2O3S/c1-24-15-8-3-12(11-16(15)25-2)9-10-21-18(23)22-13-4-6-14(7-5-13)26-17(19)20/h3-8,11,17H,9-10H2,1-2H3,(H2,21,22,23). The van der Waals surface area contributed by atoms with Crippen LogP contribution in [0.3, 0.4) is 0 Å². The van der Waals surface area contributed by atoms with Crippen molar-refractivity contribution >= 4 is 23.5 Å². The first-order valence-electron chi connectivity index (χ1n) is 7.82. The van der Waals surface area contributed by atoms with Crippen molar-refractivity contribution < 1.29 is 23.0 Å². The molecule has 0 spiro atoms. The van der Waals surface area contributed by atoms with Crippen LogP contribution in [0.2, 0.25) is 0 Å². The Morgan fingerprint density at radius 3 is 2.38 bits per heavy atom. The van der Waals surface area contributed by atoms with E-state index in [9.17, 15) is 13.6 Å². The third-order valence-corrected chi connectivity index (χ3v) is 4.21. The zero-order chi connectivity index (χ0) is 18.9. The molecule has 0 aromatic heterocycles. The largest absolute Gasteiger partial charge is 0.493 e. The Bertz CT molecular complexity index is 727. The van der Waals surface area contributed by atoms with Crippen molar-refractivity contribution in [3.8, 4) is 11.5 Å². The first-order chi connectivity index (χ1) is 12.5. The minimum absolute atomic E-state index is 0.361. The highest BCUT2D eigenvalue weighted by molar-refractivity contribution is 7.99. The van der Waals surface area contributed by atoms with Crippen LogP contribution in [0.5, 0.6) is 11.5 Å². The Hall–Kier alpha value is -2.48. The first-order valence-corrected chi connectivity index (χ1v) is 8.70. The second kappa shape index (κ2) is 9.86. The number of ether oxygens (including phenoxy) is 2. The van der Waals surface area contributed by atoms with Gasteiger partial charge in [-0.2, -0.15) is 8.78 Å². The number of alkyl halides is 2. The molecule has 0 saturated heterocycles. The van der Waals surface area contributed by atoms with Gasteiger partial charge in [-0.1, -0.05) is 17.8 Å². The molecule has 0 aliphatic carbocycles. The maximum Gasteiger partial charge on any atom is 0.319 e. The van der Waals surface area contributed by atoms with Crippen LogP contribution in [0, 0.1) is 0 Å². The molecule has 0 radical (unpaired) electrons. The van der Waals surface area contributed by atoms with Crippen molar-refractivity contribution in [2.45, 2.75) is 17.1 Å². The van der Waals surface area contributed by atoms with Crippen LogP contribution in [-0.4, -0.2) is 32.6 Å². The molecule has 0 atom stereocenters. The molecule has 0 fully saturated rings. The van der Waals surface area contributed by atoms with Gasteiger partial charge in [0, 0.05) is 17.1 Å². The Balaban J connectivity index is 1.80. The molecule has 0 bridgehead atoms. The highest BCUT2D eigenvalue weighted by atomic mass is 32.2. The van der Waals surface area contributed by atoms with E-state index in [1.807, 2.05) is 18.2 Å². The van der Waals surface area contributed by atoms with Crippen molar-refractivity contribution in [3.05, 3.63) is 48.0 Å². The summed E-state index contributed by atoms with van der Waals surface area (Å²) in [5, 5.41) is 5.40. The SMILES string of the molecule is COc1ccc(CCNC(=O)Nc2ccc(SC(F)F)cc2)cc1OC. The fourth-order valence-electron chi connectivity index (χ4n) is 2.25. The van der Waals surface area contributed by atoms with Crippen LogP contribution in [0.25, 0.3) is 0 Å². The van der Waals surface area contributed by atoms with E-state index >= 15 is 0 Å². The summed E-state index contributed by atoms with van der Waals surface area (Å²) in [5.74, 6) is -1.18. The molecule has 2 aromatic carbocycles. The van der Waals surface area contributed by atoms with Crippen molar-refractivity contribution in [1.82, 2.24) is 5.32 Å². The average Bonchev–Trinajstić information content (AvgIpc) is 2.62. The normalized spacial score (nSPS) is 10.5. The van der Waals surface area contributed by atoms with Gasteiger partial charge in [-0.3, -0.25) is 0 Å². The van der Waals surface area contributed by atoms with E-state index in [0.29, 0.717) is 46.8 Å². The molecule has 2 N–H and O–H groups in total. The molecular formula is C18H20F2N2O3S. The molecule has 2 aromatic rings. The highest BCUT2D eigenvalue weighted by Gasteiger charge is 2.07. The Labute approximate surface area is 155 Å². The van der Waals surface area contributed by atoms with Crippen molar-refractivity contribution in [2.75, 3.05) is 26.1 Å². The number of anilines is 1. The van der Waals surface area contributed by atoms with E-state index in [-0.39, 0.29) is 6.03 Å². The lowest BCUT2D eigenvalue weighted by Gasteiger charge is -2.11. The molecule has 0 aliphatic heterocycles. The van der Waals surface area contributed by atoms with Gasteiger partial charge in [0.25, 0.3) is 5.76 Å². The van der Waals surface area contributed by atoms with Gasteiger partial charge in [-0.25, -0.2) is 4.79 Å². The van der Waals surface area contributed by atoms with Crippen LogP contribution < -0.4 is 20.1 Å². The predicted octanol–water partition coefficient (Wildman–Crippen LogP) is 4.38. The molecule has 5 nitrogen and oxygen atoms in total. The highest BCUT2D eigenvalue weighted by Crippen LogP contribution is 2.28. The fraction of sp³-hybridized carbons (Fsp3) is 0.278. The lowest BCUT2D eigenvalue weighted by Crippen LogP contribution is -2.30. The van der Waals surface area contributed by atoms with Crippen LogP contribution >= 0.6 is 11.8 Å². The summed E-state index contributed by atoms with van der Waals surface area (Å²) in [6.07, 6.45) is 0.623. The number of carbonyl (C=O) groups excluding carboxylic acids is 1. The number of hydrogen-bond donors (Lipinski definition) is 2. The molecule has 0 saturated carbocycles. The lowest BCUT2D eigenvalue weighted by atomic mass is 10.1. The number of methoxy groups -OCH3 is 2. The van der Waals surface area contributed by atoms with Gasteiger partial charge in [0.05, 0.1) is 14.2 Å². The van der Waals surface area contributed by atoms with Gasteiger partial charge >= 0.3 is 6.03 Å². The van der Waals surface area contributed by atoms with E-state index in [2.05, 4.69) is 10.6 Å². The minimum Gasteiger partial charge on any atom is -0.493 e. The predicted molar refractivity (Wildman–Crippen MR) is 98.6 cm³/mol. The summed E-state index contributed by atoms with van der Waals surface area (Å²) < 4.78 is 35.0. The molecule has 26 heavy (non-hydrogen) atoms. The molecule has 2 rings (SSSR count). The van der Waals surface area contributed by atoms with Gasteiger partial charge in [0.15, 0.2) is 11.5 Å². The Morgan fingerprint density at radius 2 is 1.77 bits per heavy atom. The van der Waals surface area contributed by atoms with Gasteiger partial charge in [0.1, 0.15) is 0 Å². The third-order valence-electron chi connectivity index (χ3n) is 3.48. The quantitative estimate of drug-likeness (QED) is 0.665. The number of benzene rings is 2. The number of hydrogen-bond acceptors (Lipinski definition) is 4. The maximum absolute atomic E-state index is 12.3. The first kappa shape index (κ1) is 19.8. The van der Waals surface area contributed by atoms with Gasteiger partial charge in [0.2, 0.25) is 0 Å². The number of halogens is 2. The third kappa shape index (κ3) is 6.11. The summed E-state index contributed by atoms with van der Waals surface area (Å²) in [5.41, 5.74) is 1.53. The lowest BCUT2D eigenvalue weighted by molar-refractivity contribution is 0.251. The second-order valence-corrected chi connectivity index (χ2v) is 6.29. The molecular weight excluding hydrogens is 362 g/mol. The summed E-state index contributed by atoms with van der Waals surface area (Å²) in [6.45, 7) is 0.431. The van der Waals surface area contributed by atoms with E-state index in [4.69, 9.17) is 9.47 Å². The smallest absolute Gasteiger partial charge is 0.319 e. The molecule has 0 unspecified atom stereocenters. The van der Waals surface area contributed by atoms with Crippen molar-refractivity contribution in [2.24, 2.45) is 0 Å². The van der Waals surface area contributed by atoms with E-state index in [0.717, 1.165) is 5.56 Å². The number of carbonyl (C=O) groups is 1. The van der Waals surface area contributed by atoms with Crippen LogP contribution in [0.4, 0.5) is 19.3 Å². The number of nitrogens with one attached hydrogen (secondary N) is 2. The van der Waals surface area contributed by atoms with Gasteiger partial charge in [-0.15, -0.1) is 0 Å².